The van der Waals surface area contributed by atoms with Gasteiger partial charge in [-0.3, -0.25) is 4.90 Å². The first-order valence-corrected chi connectivity index (χ1v) is 7.99. The fourth-order valence-electron chi connectivity index (χ4n) is 2.45. The van der Waals surface area contributed by atoms with Gasteiger partial charge in [0.05, 0.1) is 0 Å². The van der Waals surface area contributed by atoms with Crippen LogP contribution >= 0.6 is 0 Å². The molecule has 0 bridgehead atoms. The number of amides is 1. The van der Waals surface area contributed by atoms with Crippen LogP contribution in [0.3, 0.4) is 0 Å². The van der Waals surface area contributed by atoms with Crippen LogP contribution in [0.4, 0.5) is 4.79 Å². The Hall–Kier alpha value is -3.08. The van der Waals surface area contributed by atoms with Crippen molar-refractivity contribution in [2.45, 2.75) is 19.1 Å². The van der Waals surface area contributed by atoms with Crippen molar-refractivity contribution in [1.29, 1.82) is 0 Å². The summed E-state index contributed by atoms with van der Waals surface area (Å²) < 4.78 is 5.33. The summed E-state index contributed by atoms with van der Waals surface area (Å²) in [5.41, 5.74) is 1.36. The van der Waals surface area contributed by atoms with Gasteiger partial charge in [-0.1, -0.05) is 66.7 Å². The molecule has 0 saturated heterocycles. The molecule has 5 heteroatoms. The lowest BCUT2D eigenvalue weighted by Gasteiger charge is -2.28. The van der Waals surface area contributed by atoms with Crippen LogP contribution in [0.2, 0.25) is 0 Å². The highest BCUT2D eigenvalue weighted by Gasteiger charge is 2.31. The minimum atomic E-state index is -1.11. The van der Waals surface area contributed by atoms with Crippen molar-refractivity contribution in [1.82, 2.24) is 4.90 Å². The Morgan fingerprint density at radius 2 is 1.68 bits per heavy atom. The third-order valence-corrected chi connectivity index (χ3v) is 3.67. The Labute approximate surface area is 147 Å². The Bertz CT molecular complexity index is 700. The molecule has 0 aromatic heterocycles. The van der Waals surface area contributed by atoms with Crippen molar-refractivity contribution in [2.75, 3.05) is 6.54 Å². The van der Waals surface area contributed by atoms with Gasteiger partial charge in [-0.15, -0.1) is 6.58 Å². The average molecular weight is 339 g/mol. The first kappa shape index (κ1) is 18.3. The zero-order valence-corrected chi connectivity index (χ0v) is 13.9. The number of hydrogen-bond donors (Lipinski definition) is 1. The summed E-state index contributed by atoms with van der Waals surface area (Å²) in [6, 6.07) is 16.8. The highest BCUT2D eigenvalue weighted by atomic mass is 16.6. The molecule has 2 aromatic rings. The molecule has 1 N–H and O–H groups in total. The van der Waals surface area contributed by atoms with Crippen LogP contribution in [0.25, 0.3) is 0 Å². The maximum atomic E-state index is 12.5. The number of aliphatic carboxylic acids is 1. The van der Waals surface area contributed by atoms with Gasteiger partial charge in [0, 0.05) is 6.54 Å². The summed E-state index contributed by atoms with van der Waals surface area (Å²) in [5.74, 6) is -1.10. The van der Waals surface area contributed by atoms with E-state index in [1.165, 1.54) is 4.90 Å². The second-order valence-corrected chi connectivity index (χ2v) is 5.46. The van der Waals surface area contributed by atoms with E-state index in [1.807, 2.05) is 30.3 Å². The zero-order chi connectivity index (χ0) is 18.1. The molecular formula is C20H21NO4. The number of hydrogen-bond acceptors (Lipinski definition) is 3. The van der Waals surface area contributed by atoms with E-state index in [0.717, 1.165) is 5.56 Å². The predicted octanol–water partition coefficient (Wildman–Crippen LogP) is 4.03. The molecule has 0 unspecified atom stereocenters. The minimum Gasteiger partial charge on any atom is -0.479 e. The molecule has 0 aliphatic heterocycles. The largest absolute Gasteiger partial charge is 0.479 e. The van der Waals surface area contributed by atoms with E-state index in [4.69, 9.17) is 4.74 Å². The standard InChI is InChI=1S/C20H21NO4/c1-2-3-14-21(18(19(22)23)17-12-8-5-9-13-17)20(24)25-15-16-10-6-4-7-11-16/h2,4-13,18H,1,3,14-15H2,(H,22,23)/t18-/m0/s1. The predicted molar refractivity (Wildman–Crippen MR) is 95.0 cm³/mol. The molecule has 0 aliphatic rings. The molecule has 0 spiro atoms. The molecule has 0 fully saturated rings. The molecule has 25 heavy (non-hydrogen) atoms. The van der Waals surface area contributed by atoms with E-state index in [-0.39, 0.29) is 13.2 Å². The molecule has 5 nitrogen and oxygen atoms in total. The van der Waals surface area contributed by atoms with Crippen LogP contribution < -0.4 is 0 Å². The molecule has 0 saturated carbocycles. The number of nitrogens with zero attached hydrogens (tertiary/aromatic N) is 1. The normalized spacial score (nSPS) is 11.4. The van der Waals surface area contributed by atoms with Crippen LogP contribution in [-0.2, 0) is 16.1 Å². The van der Waals surface area contributed by atoms with E-state index in [2.05, 4.69) is 6.58 Å². The lowest BCUT2D eigenvalue weighted by Crippen LogP contribution is -2.39. The van der Waals surface area contributed by atoms with Crippen LogP contribution in [0, 0.1) is 0 Å². The smallest absolute Gasteiger partial charge is 0.411 e. The van der Waals surface area contributed by atoms with Crippen molar-refractivity contribution in [2.24, 2.45) is 0 Å². The molecule has 2 rings (SSSR count). The van der Waals surface area contributed by atoms with Gasteiger partial charge in [0.2, 0.25) is 0 Å². The van der Waals surface area contributed by atoms with E-state index in [9.17, 15) is 14.7 Å². The Kier molecular flexibility index (Phi) is 6.77. The molecular weight excluding hydrogens is 318 g/mol. The number of benzene rings is 2. The van der Waals surface area contributed by atoms with Gasteiger partial charge in [-0.25, -0.2) is 9.59 Å². The number of rotatable bonds is 8. The van der Waals surface area contributed by atoms with Gasteiger partial charge >= 0.3 is 12.1 Å². The summed E-state index contributed by atoms with van der Waals surface area (Å²) in [5, 5.41) is 9.66. The fourth-order valence-corrected chi connectivity index (χ4v) is 2.45. The van der Waals surface area contributed by atoms with Gasteiger partial charge in [0.25, 0.3) is 0 Å². The second kappa shape index (κ2) is 9.27. The monoisotopic (exact) mass is 339 g/mol. The quantitative estimate of drug-likeness (QED) is 0.738. The Balaban J connectivity index is 2.18. The van der Waals surface area contributed by atoms with E-state index in [1.54, 1.807) is 36.4 Å². The fraction of sp³-hybridized carbons (Fsp3) is 0.200. The van der Waals surface area contributed by atoms with Crippen molar-refractivity contribution < 1.29 is 19.4 Å². The van der Waals surface area contributed by atoms with Gasteiger partial charge < -0.3 is 9.84 Å². The molecule has 2 aromatic carbocycles. The number of carbonyl (C=O) groups is 2. The molecule has 130 valence electrons. The van der Waals surface area contributed by atoms with Crippen molar-refractivity contribution in [3.05, 3.63) is 84.4 Å². The van der Waals surface area contributed by atoms with Crippen LogP contribution in [0.15, 0.2) is 73.3 Å². The van der Waals surface area contributed by atoms with Gasteiger partial charge in [0.1, 0.15) is 6.61 Å². The van der Waals surface area contributed by atoms with E-state index < -0.39 is 18.1 Å². The highest BCUT2D eigenvalue weighted by molar-refractivity contribution is 5.81. The number of carbonyl (C=O) groups excluding carboxylic acids is 1. The number of carboxylic acid groups (broad SMARTS) is 1. The summed E-state index contributed by atoms with van der Waals surface area (Å²) >= 11 is 0. The summed E-state index contributed by atoms with van der Waals surface area (Å²) in [6.45, 7) is 3.94. The van der Waals surface area contributed by atoms with Crippen LogP contribution in [0.1, 0.15) is 23.6 Å². The second-order valence-electron chi connectivity index (χ2n) is 5.46. The third kappa shape index (κ3) is 5.21. The first-order valence-electron chi connectivity index (χ1n) is 7.99. The Morgan fingerprint density at radius 3 is 2.24 bits per heavy atom. The number of carboxylic acids is 1. The minimum absolute atomic E-state index is 0.0887. The third-order valence-electron chi connectivity index (χ3n) is 3.67. The van der Waals surface area contributed by atoms with Crippen molar-refractivity contribution in [3.8, 4) is 0 Å². The van der Waals surface area contributed by atoms with E-state index >= 15 is 0 Å². The lowest BCUT2D eigenvalue weighted by atomic mass is 10.1. The first-order chi connectivity index (χ1) is 12.1. The van der Waals surface area contributed by atoms with E-state index in [0.29, 0.717) is 12.0 Å². The van der Waals surface area contributed by atoms with Crippen molar-refractivity contribution >= 4 is 12.1 Å². The maximum Gasteiger partial charge on any atom is 0.411 e. The average Bonchev–Trinajstić information content (AvgIpc) is 2.64. The molecule has 0 heterocycles. The van der Waals surface area contributed by atoms with Gasteiger partial charge in [-0.2, -0.15) is 0 Å². The molecule has 1 amide bonds. The highest BCUT2D eigenvalue weighted by Crippen LogP contribution is 2.23. The van der Waals surface area contributed by atoms with Crippen LogP contribution in [0.5, 0.6) is 0 Å². The van der Waals surface area contributed by atoms with Crippen LogP contribution in [-0.4, -0.2) is 28.6 Å². The summed E-state index contributed by atoms with van der Waals surface area (Å²) in [4.78, 5) is 25.6. The molecule has 1 atom stereocenters. The lowest BCUT2D eigenvalue weighted by molar-refractivity contribution is -0.143. The zero-order valence-electron chi connectivity index (χ0n) is 13.9. The molecule has 0 aliphatic carbocycles. The van der Waals surface area contributed by atoms with Gasteiger partial charge in [0.15, 0.2) is 6.04 Å². The summed E-state index contributed by atoms with van der Waals surface area (Å²) in [6.07, 6.45) is 1.44. The SMILES string of the molecule is C=CCCN(C(=O)OCc1ccccc1)[C@H](C(=O)O)c1ccccc1. The molecule has 0 radical (unpaired) electrons. The summed E-state index contributed by atoms with van der Waals surface area (Å²) in [7, 11) is 0. The van der Waals surface area contributed by atoms with Crippen molar-refractivity contribution in [3.63, 3.8) is 0 Å². The number of ether oxygens (including phenoxy) is 1. The maximum absolute atomic E-state index is 12.5. The topological polar surface area (TPSA) is 66.8 Å². The Morgan fingerprint density at radius 1 is 1.08 bits per heavy atom. The van der Waals surface area contributed by atoms with Gasteiger partial charge in [-0.05, 0) is 17.5 Å².